The van der Waals surface area contributed by atoms with Crippen LogP contribution in [-0.4, -0.2) is 11.8 Å². The Morgan fingerprint density at radius 2 is 1.91 bits per heavy atom. The monoisotopic (exact) mass is 438 g/mol. The van der Waals surface area contributed by atoms with Crippen molar-refractivity contribution in [1.82, 2.24) is 0 Å². The lowest BCUT2D eigenvalue weighted by atomic mass is 9.88. The largest absolute Gasteiger partial charge is 0.458 e. The minimum Gasteiger partial charge on any atom is -0.458 e. The van der Waals surface area contributed by atoms with Gasteiger partial charge in [0, 0.05) is 35.7 Å². The number of carbonyl (C=O) groups excluding carboxylic acids is 1. The summed E-state index contributed by atoms with van der Waals surface area (Å²) >= 11 is 0. The number of fused-ring (bicyclic) bond motifs is 2. The second-order valence-electron chi connectivity index (χ2n) is 10.4. The van der Waals surface area contributed by atoms with Crippen LogP contribution in [0.4, 0.5) is 20.2 Å². The van der Waals surface area contributed by atoms with Crippen molar-refractivity contribution in [3.8, 4) is 5.75 Å². The topological polar surface area (TPSA) is 50.4 Å². The fourth-order valence-electron chi connectivity index (χ4n) is 4.64. The fourth-order valence-corrected chi connectivity index (χ4v) is 4.64. The van der Waals surface area contributed by atoms with E-state index in [0.717, 1.165) is 28.1 Å². The van der Waals surface area contributed by atoms with Crippen LogP contribution in [0.25, 0.3) is 0 Å². The van der Waals surface area contributed by atoms with Gasteiger partial charge >= 0.3 is 0 Å². The number of halogens is 2. The van der Waals surface area contributed by atoms with Gasteiger partial charge in [0.2, 0.25) is 11.8 Å². The van der Waals surface area contributed by atoms with E-state index in [4.69, 9.17) is 4.74 Å². The van der Waals surface area contributed by atoms with Crippen molar-refractivity contribution < 1.29 is 18.3 Å². The molecule has 3 aliphatic rings. The van der Waals surface area contributed by atoms with Gasteiger partial charge in [-0.25, -0.2) is 4.39 Å². The van der Waals surface area contributed by atoms with E-state index in [0.29, 0.717) is 25.0 Å². The molecule has 1 atom stereocenters. The zero-order valence-electron chi connectivity index (χ0n) is 18.9. The Balaban J connectivity index is 1.37. The lowest BCUT2D eigenvalue weighted by molar-refractivity contribution is -0.118. The predicted molar refractivity (Wildman–Crippen MR) is 121 cm³/mol. The average Bonchev–Trinajstić information content (AvgIpc) is 3.44. The number of allylic oxidation sites excluding steroid dienone is 2. The highest BCUT2D eigenvalue weighted by Crippen LogP contribution is 2.51. The van der Waals surface area contributed by atoms with Gasteiger partial charge in [-0.1, -0.05) is 39.0 Å². The van der Waals surface area contributed by atoms with Crippen LogP contribution in [0.15, 0.2) is 42.1 Å². The summed E-state index contributed by atoms with van der Waals surface area (Å²) in [6.45, 7) is 7.72. The molecule has 2 aromatic carbocycles. The molecule has 1 amide bonds. The van der Waals surface area contributed by atoms with E-state index >= 15 is 0 Å². The molecule has 32 heavy (non-hydrogen) atoms. The Hall–Kier alpha value is -2.89. The van der Waals surface area contributed by atoms with Crippen molar-refractivity contribution in [2.45, 2.75) is 64.6 Å². The van der Waals surface area contributed by atoms with Crippen LogP contribution in [0, 0.1) is 11.2 Å². The van der Waals surface area contributed by atoms with E-state index < -0.39 is 17.1 Å². The second kappa shape index (κ2) is 6.80. The number of amides is 1. The highest BCUT2D eigenvalue weighted by Gasteiger charge is 2.52. The quantitative estimate of drug-likeness (QED) is 0.617. The zero-order chi connectivity index (χ0) is 22.9. The predicted octanol–water partition coefficient (Wildman–Crippen LogP) is 6.01. The van der Waals surface area contributed by atoms with Crippen LogP contribution in [0.5, 0.6) is 5.75 Å². The smallest absolute Gasteiger partial charge is 0.249 e. The highest BCUT2D eigenvalue weighted by atomic mass is 19.2. The normalized spacial score (nSPS) is 22.8. The Kier molecular flexibility index (Phi) is 4.46. The molecule has 1 saturated carbocycles. The van der Waals surface area contributed by atoms with Crippen LogP contribution >= 0.6 is 0 Å². The molecule has 2 N–H and O–H groups in total. The number of benzene rings is 2. The first-order valence-electron chi connectivity index (χ1n) is 11.1. The van der Waals surface area contributed by atoms with E-state index in [-0.39, 0.29) is 23.4 Å². The molecule has 1 aliphatic carbocycles. The summed E-state index contributed by atoms with van der Waals surface area (Å²) in [4.78, 5) is 13.2. The first kappa shape index (κ1) is 21.0. The van der Waals surface area contributed by atoms with Crippen molar-refractivity contribution in [2.75, 3.05) is 10.6 Å². The minimum atomic E-state index is -1.72. The van der Waals surface area contributed by atoms with Crippen molar-refractivity contribution in [3.63, 3.8) is 0 Å². The van der Waals surface area contributed by atoms with Crippen LogP contribution in [0.2, 0.25) is 0 Å². The maximum Gasteiger partial charge on any atom is 0.249 e. The van der Waals surface area contributed by atoms with Gasteiger partial charge in [0.1, 0.15) is 11.6 Å². The van der Waals surface area contributed by atoms with Crippen molar-refractivity contribution in [1.29, 1.82) is 0 Å². The molecule has 6 heteroatoms. The molecule has 2 aromatic rings. The van der Waals surface area contributed by atoms with Crippen LogP contribution in [-0.2, 0) is 23.1 Å². The SMILES string of the molecule is CC1(F)Cc2cc(C3(C(=O)Nc4cc5c(cc4F)NC(C(C)(C)C)=CC5)CC3)ccc2O1. The number of anilines is 2. The Bertz CT molecular complexity index is 1160. The molecular formula is C26H28F2N2O2. The van der Waals surface area contributed by atoms with E-state index in [1.54, 1.807) is 12.1 Å². The van der Waals surface area contributed by atoms with Crippen molar-refractivity contribution in [2.24, 2.45) is 5.41 Å². The number of hydrogen-bond donors (Lipinski definition) is 2. The van der Waals surface area contributed by atoms with Crippen molar-refractivity contribution >= 4 is 17.3 Å². The lowest BCUT2D eigenvalue weighted by Crippen LogP contribution is -2.28. The first-order chi connectivity index (χ1) is 15.0. The zero-order valence-corrected chi connectivity index (χ0v) is 18.9. The first-order valence-corrected chi connectivity index (χ1v) is 11.1. The molecule has 2 heterocycles. The molecule has 0 radical (unpaired) electrons. The number of alkyl halides is 1. The van der Waals surface area contributed by atoms with Gasteiger partial charge in [0.25, 0.3) is 0 Å². The third-order valence-electron chi connectivity index (χ3n) is 6.67. The summed E-state index contributed by atoms with van der Waals surface area (Å²) in [7, 11) is 0. The molecule has 0 aromatic heterocycles. The molecule has 0 spiro atoms. The molecule has 2 aliphatic heterocycles. The number of hydrogen-bond acceptors (Lipinski definition) is 3. The third kappa shape index (κ3) is 3.55. The minimum absolute atomic E-state index is 0.0557. The van der Waals surface area contributed by atoms with Crippen LogP contribution in [0.3, 0.4) is 0 Å². The lowest BCUT2D eigenvalue weighted by Gasteiger charge is -2.29. The molecule has 0 saturated heterocycles. The second-order valence-corrected chi connectivity index (χ2v) is 10.4. The number of carbonyl (C=O) groups is 1. The Labute approximate surface area is 187 Å². The van der Waals surface area contributed by atoms with Gasteiger partial charge in [0.15, 0.2) is 0 Å². The summed E-state index contributed by atoms with van der Waals surface area (Å²) in [6, 6.07) is 8.58. The third-order valence-corrected chi connectivity index (χ3v) is 6.67. The molecular weight excluding hydrogens is 410 g/mol. The maximum atomic E-state index is 14.9. The summed E-state index contributed by atoms with van der Waals surface area (Å²) in [6.07, 6.45) is 4.30. The van der Waals surface area contributed by atoms with Gasteiger partial charge in [-0.2, -0.15) is 4.39 Å². The molecule has 168 valence electrons. The molecule has 4 nitrogen and oxygen atoms in total. The number of ether oxygens (including phenoxy) is 1. The van der Waals surface area contributed by atoms with E-state index in [1.165, 1.54) is 13.0 Å². The number of nitrogens with one attached hydrogen (secondary N) is 2. The summed E-state index contributed by atoms with van der Waals surface area (Å²) in [5, 5.41) is 6.14. The van der Waals surface area contributed by atoms with Crippen molar-refractivity contribution in [3.05, 3.63) is 64.6 Å². The summed E-state index contributed by atoms with van der Waals surface area (Å²) in [5.74, 6) is -1.90. The van der Waals surface area contributed by atoms with E-state index in [9.17, 15) is 13.6 Å². The van der Waals surface area contributed by atoms with Gasteiger partial charge in [0.05, 0.1) is 11.1 Å². The fraction of sp³-hybridized carbons (Fsp3) is 0.423. The maximum absolute atomic E-state index is 14.9. The van der Waals surface area contributed by atoms with Gasteiger partial charge in [-0.05, 0) is 48.6 Å². The Morgan fingerprint density at radius 3 is 2.59 bits per heavy atom. The molecule has 1 fully saturated rings. The standard InChI is InChI=1S/C26H28F2N2O2/c1-24(2,3)22-8-5-15-12-20(18(27)13-19(15)29-22)30-23(31)26(9-10-26)17-6-7-21-16(11-17)14-25(4,28)32-21/h6-8,11-13,29H,5,9-10,14H2,1-4H3,(H,30,31). The summed E-state index contributed by atoms with van der Waals surface area (Å²) < 4.78 is 34.4. The Morgan fingerprint density at radius 1 is 1.16 bits per heavy atom. The molecule has 1 unspecified atom stereocenters. The van der Waals surface area contributed by atoms with Crippen LogP contribution < -0.4 is 15.4 Å². The molecule has 5 rings (SSSR count). The van der Waals surface area contributed by atoms with E-state index in [2.05, 4.69) is 37.5 Å². The summed E-state index contributed by atoms with van der Waals surface area (Å²) in [5.41, 5.74) is 3.76. The van der Waals surface area contributed by atoms with E-state index in [1.807, 2.05) is 12.1 Å². The van der Waals surface area contributed by atoms with Gasteiger partial charge < -0.3 is 15.4 Å². The van der Waals surface area contributed by atoms with Gasteiger partial charge in [-0.3, -0.25) is 4.79 Å². The number of rotatable bonds is 3. The highest BCUT2D eigenvalue weighted by molar-refractivity contribution is 6.01. The van der Waals surface area contributed by atoms with Crippen LogP contribution in [0.1, 0.15) is 57.2 Å². The average molecular weight is 439 g/mol. The molecule has 0 bridgehead atoms. The van der Waals surface area contributed by atoms with Gasteiger partial charge in [-0.15, -0.1) is 0 Å².